The molecule has 1 aliphatic heterocycles. The molecule has 26 heavy (non-hydrogen) atoms. The van der Waals surface area contributed by atoms with Crippen molar-refractivity contribution in [1.29, 1.82) is 0 Å². The van der Waals surface area contributed by atoms with E-state index in [0.29, 0.717) is 24.5 Å². The van der Waals surface area contributed by atoms with Gasteiger partial charge >= 0.3 is 6.18 Å². The van der Waals surface area contributed by atoms with Crippen LogP contribution in [0.3, 0.4) is 0 Å². The molecule has 148 valence electrons. The summed E-state index contributed by atoms with van der Waals surface area (Å²) < 4.78 is 40.4. The van der Waals surface area contributed by atoms with Crippen molar-refractivity contribution >= 4 is 5.96 Å². The smallest absolute Gasteiger partial charge is 0.357 e. The summed E-state index contributed by atoms with van der Waals surface area (Å²) in [6.07, 6.45) is -3.11. The van der Waals surface area contributed by atoms with Crippen LogP contribution in [0, 0.1) is 5.92 Å². The second-order valence-electron chi connectivity index (χ2n) is 7.15. The largest absolute Gasteiger partial charge is 0.435 e. The van der Waals surface area contributed by atoms with Crippen LogP contribution in [0.2, 0.25) is 0 Å². The maximum Gasteiger partial charge on any atom is 0.435 e. The Morgan fingerprint density at radius 2 is 2.08 bits per heavy atom. The van der Waals surface area contributed by atoms with E-state index >= 15 is 0 Å². The molecule has 1 fully saturated rings. The molecule has 2 rings (SSSR count). The van der Waals surface area contributed by atoms with Crippen molar-refractivity contribution in [3.8, 4) is 0 Å². The van der Waals surface area contributed by atoms with Gasteiger partial charge in [0.15, 0.2) is 11.7 Å². The van der Waals surface area contributed by atoms with Crippen molar-refractivity contribution in [3.63, 3.8) is 0 Å². The normalized spacial score (nSPS) is 22.3. The summed E-state index contributed by atoms with van der Waals surface area (Å²) in [5.74, 6) is 0.970. The third-order valence-corrected chi connectivity index (χ3v) is 4.62. The van der Waals surface area contributed by atoms with E-state index in [2.05, 4.69) is 46.4 Å². The van der Waals surface area contributed by atoms with Crippen molar-refractivity contribution < 1.29 is 13.2 Å². The SMILES string of the molecule is CCNC(=NCc1cn(C)nc1C(F)(F)F)NC1CN(C(C)C)CC1C. The number of hydrogen-bond acceptors (Lipinski definition) is 3. The number of halogens is 3. The van der Waals surface area contributed by atoms with E-state index in [9.17, 15) is 13.2 Å². The molecule has 2 atom stereocenters. The van der Waals surface area contributed by atoms with Crippen LogP contribution in [-0.4, -0.2) is 52.4 Å². The number of likely N-dealkylation sites (tertiary alicyclic amines) is 1. The molecule has 1 saturated heterocycles. The third kappa shape index (κ3) is 5.12. The van der Waals surface area contributed by atoms with E-state index in [1.807, 2.05) is 6.92 Å². The van der Waals surface area contributed by atoms with E-state index in [1.54, 1.807) is 0 Å². The van der Waals surface area contributed by atoms with E-state index in [4.69, 9.17) is 0 Å². The van der Waals surface area contributed by atoms with Crippen LogP contribution in [0.4, 0.5) is 13.2 Å². The van der Waals surface area contributed by atoms with Gasteiger partial charge in [-0.2, -0.15) is 18.3 Å². The van der Waals surface area contributed by atoms with Gasteiger partial charge in [-0.3, -0.25) is 9.58 Å². The molecule has 1 aromatic heterocycles. The second kappa shape index (κ2) is 8.28. The van der Waals surface area contributed by atoms with E-state index < -0.39 is 11.9 Å². The predicted molar refractivity (Wildman–Crippen MR) is 95.8 cm³/mol. The number of aryl methyl sites for hydroxylation is 1. The molecular formula is C17H29F3N6. The second-order valence-corrected chi connectivity index (χ2v) is 7.15. The molecule has 6 nitrogen and oxygen atoms in total. The van der Waals surface area contributed by atoms with Gasteiger partial charge < -0.3 is 10.6 Å². The van der Waals surface area contributed by atoms with Crippen LogP contribution in [0.15, 0.2) is 11.2 Å². The molecule has 2 heterocycles. The number of guanidine groups is 1. The molecule has 2 unspecified atom stereocenters. The highest BCUT2D eigenvalue weighted by Gasteiger charge is 2.37. The van der Waals surface area contributed by atoms with Crippen LogP contribution in [0.5, 0.6) is 0 Å². The Morgan fingerprint density at radius 1 is 1.38 bits per heavy atom. The van der Waals surface area contributed by atoms with Crippen molar-refractivity contribution in [1.82, 2.24) is 25.3 Å². The van der Waals surface area contributed by atoms with Gasteiger partial charge in [-0.05, 0) is 26.7 Å². The summed E-state index contributed by atoms with van der Waals surface area (Å²) in [7, 11) is 1.48. The number of aromatic nitrogens is 2. The lowest BCUT2D eigenvalue weighted by molar-refractivity contribution is -0.142. The Bertz CT molecular complexity index is 623. The fourth-order valence-corrected chi connectivity index (χ4v) is 3.17. The highest BCUT2D eigenvalue weighted by Crippen LogP contribution is 2.30. The quantitative estimate of drug-likeness (QED) is 0.613. The minimum Gasteiger partial charge on any atom is -0.357 e. The molecule has 0 spiro atoms. The number of rotatable bonds is 5. The average molecular weight is 374 g/mol. The summed E-state index contributed by atoms with van der Waals surface area (Å²) in [6.45, 7) is 10.9. The lowest BCUT2D eigenvalue weighted by atomic mass is 10.1. The van der Waals surface area contributed by atoms with Crippen LogP contribution < -0.4 is 10.6 Å². The fourth-order valence-electron chi connectivity index (χ4n) is 3.17. The fraction of sp³-hybridized carbons (Fsp3) is 0.765. The zero-order chi connectivity index (χ0) is 19.5. The van der Waals surface area contributed by atoms with Gasteiger partial charge in [0.05, 0.1) is 6.54 Å². The van der Waals surface area contributed by atoms with Crippen molar-refractivity contribution in [2.24, 2.45) is 18.0 Å². The Hall–Kier alpha value is -1.77. The summed E-state index contributed by atoms with van der Waals surface area (Å²) in [5, 5.41) is 10.0. The Kier molecular flexibility index (Phi) is 6.54. The molecule has 2 N–H and O–H groups in total. The minimum atomic E-state index is -4.48. The Labute approximate surface area is 152 Å². The number of nitrogens with zero attached hydrogens (tertiary/aromatic N) is 4. The monoisotopic (exact) mass is 374 g/mol. The lowest BCUT2D eigenvalue weighted by Gasteiger charge is -2.22. The summed E-state index contributed by atoms with van der Waals surface area (Å²) in [6, 6.07) is 0.680. The predicted octanol–water partition coefficient (Wildman–Crippen LogP) is 2.22. The van der Waals surface area contributed by atoms with Gasteiger partial charge in [-0.1, -0.05) is 6.92 Å². The van der Waals surface area contributed by atoms with Gasteiger partial charge in [0.1, 0.15) is 0 Å². The first-order valence-corrected chi connectivity index (χ1v) is 9.00. The first kappa shape index (κ1) is 20.5. The van der Waals surface area contributed by atoms with Gasteiger partial charge in [0.25, 0.3) is 0 Å². The zero-order valence-corrected chi connectivity index (χ0v) is 16.1. The molecule has 9 heteroatoms. The Morgan fingerprint density at radius 3 is 2.62 bits per heavy atom. The van der Waals surface area contributed by atoms with Crippen LogP contribution in [-0.2, 0) is 19.8 Å². The number of aliphatic imine (C=N–C) groups is 1. The number of hydrogen-bond donors (Lipinski definition) is 2. The molecule has 0 aliphatic carbocycles. The highest BCUT2D eigenvalue weighted by molar-refractivity contribution is 5.80. The zero-order valence-electron chi connectivity index (χ0n) is 16.1. The van der Waals surface area contributed by atoms with E-state index in [1.165, 1.54) is 17.9 Å². The van der Waals surface area contributed by atoms with Crippen LogP contribution in [0.25, 0.3) is 0 Å². The van der Waals surface area contributed by atoms with E-state index in [0.717, 1.165) is 13.1 Å². The molecule has 0 amide bonds. The first-order valence-electron chi connectivity index (χ1n) is 9.00. The summed E-state index contributed by atoms with van der Waals surface area (Å²) in [4.78, 5) is 6.75. The average Bonchev–Trinajstić information content (AvgIpc) is 3.08. The number of nitrogens with one attached hydrogen (secondary N) is 2. The van der Waals surface area contributed by atoms with Crippen molar-refractivity contribution in [3.05, 3.63) is 17.5 Å². The topological polar surface area (TPSA) is 57.5 Å². The minimum absolute atomic E-state index is 0.0699. The third-order valence-electron chi connectivity index (χ3n) is 4.62. The molecular weight excluding hydrogens is 345 g/mol. The maximum atomic E-state index is 13.1. The molecule has 0 saturated carbocycles. The van der Waals surface area contributed by atoms with Crippen LogP contribution in [0.1, 0.15) is 39.0 Å². The van der Waals surface area contributed by atoms with E-state index in [-0.39, 0.29) is 18.2 Å². The summed E-state index contributed by atoms with van der Waals surface area (Å²) in [5.41, 5.74) is -0.805. The van der Waals surface area contributed by atoms with Gasteiger partial charge in [-0.25, -0.2) is 4.99 Å². The van der Waals surface area contributed by atoms with Crippen molar-refractivity contribution in [2.75, 3.05) is 19.6 Å². The van der Waals surface area contributed by atoms with Gasteiger partial charge in [0, 0.05) is 50.5 Å². The highest BCUT2D eigenvalue weighted by atomic mass is 19.4. The van der Waals surface area contributed by atoms with Gasteiger partial charge in [-0.15, -0.1) is 0 Å². The van der Waals surface area contributed by atoms with Crippen LogP contribution >= 0.6 is 0 Å². The molecule has 0 radical (unpaired) electrons. The Balaban J connectivity index is 2.10. The van der Waals surface area contributed by atoms with Gasteiger partial charge in [0.2, 0.25) is 0 Å². The molecule has 0 bridgehead atoms. The number of alkyl halides is 3. The first-order chi connectivity index (χ1) is 12.1. The van der Waals surface area contributed by atoms with Crippen molar-refractivity contribution in [2.45, 2.75) is 52.5 Å². The maximum absolute atomic E-state index is 13.1. The molecule has 1 aliphatic rings. The summed E-state index contributed by atoms with van der Waals surface area (Å²) >= 11 is 0. The lowest BCUT2D eigenvalue weighted by Crippen LogP contribution is -2.46. The standard InChI is InChI=1S/C17H29F3N6/c1-6-21-16(23-14-10-26(11(2)3)8-12(14)4)22-7-13-9-25(5)24-15(13)17(18,19)20/h9,11-12,14H,6-8,10H2,1-5H3,(H2,21,22,23). The molecule has 1 aromatic rings. The molecule has 0 aromatic carbocycles.